The van der Waals surface area contributed by atoms with E-state index < -0.39 is 5.60 Å². The number of aliphatic hydroxyl groups is 1. The van der Waals surface area contributed by atoms with Gasteiger partial charge in [-0.25, -0.2) is 4.99 Å². The zero-order valence-electron chi connectivity index (χ0n) is 26.3. The first-order chi connectivity index (χ1) is 21.3. The monoisotopic (exact) mass is 621 g/mol. The molecular weight excluding hydrogens is 582 g/mol. The Morgan fingerprint density at radius 3 is 1.60 bits per heavy atom. The number of nitrogens with zero attached hydrogens (tertiary/aromatic N) is 1. The maximum atomic E-state index is 12.2. The number of hydrogen-bond donors (Lipinski definition) is 1. The summed E-state index contributed by atoms with van der Waals surface area (Å²) >= 11 is 0. The van der Waals surface area contributed by atoms with Gasteiger partial charge in [-0.1, -0.05) is 96.6 Å². The van der Waals surface area contributed by atoms with Crippen LogP contribution in [0.25, 0.3) is 10.8 Å². The van der Waals surface area contributed by atoms with Gasteiger partial charge in [-0.05, 0) is 53.8 Å². The van der Waals surface area contributed by atoms with Crippen molar-refractivity contribution in [3.63, 3.8) is 0 Å². The molecule has 1 aliphatic rings. The standard InChI is InChI=1S/C28H25NO.2C7H7.Ti/c1-18-15-19(2)26(20(3)16-18)29-27-23-13-7-11-22-12-8-14-24(25(22)23)28(27,30)17-21-9-5-4-6-10-21;2*1-7-5-3-2-4-6-7;/h4-16,30H,17H2,1-3H3;2*2-6H,1H2;/q;2*-1;. The van der Waals surface area contributed by atoms with E-state index in [-0.39, 0.29) is 21.7 Å². The first-order valence-corrected chi connectivity index (χ1v) is 15.0. The minimum Gasteiger partial charge on any atom is -0.378 e. The molecule has 3 heteroatoms. The second kappa shape index (κ2) is 15.1. The Hall–Kier alpha value is -4.34. The quantitative estimate of drug-likeness (QED) is 0.155. The van der Waals surface area contributed by atoms with Crippen LogP contribution in [0.3, 0.4) is 0 Å². The Morgan fingerprint density at radius 1 is 0.622 bits per heavy atom. The predicted molar refractivity (Wildman–Crippen MR) is 187 cm³/mol. The summed E-state index contributed by atoms with van der Waals surface area (Å²) in [5.41, 5.74) is 9.22. The molecule has 0 saturated heterocycles. The van der Waals surface area contributed by atoms with Crippen LogP contribution in [0, 0.1) is 34.6 Å². The molecule has 6 aromatic carbocycles. The summed E-state index contributed by atoms with van der Waals surface area (Å²) in [4.78, 5) is 5.15. The molecule has 0 spiro atoms. The van der Waals surface area contributed by atoms with Gasteiger partial charge < -0.3 is 5.11 Å². The van der Waals surface area contributed by atoms with Crippen LogP contribution in [0.15, 0.2) is 145 Å². The molecule has 224 valence electrons. The fraction of sp³-hybridized carbons (Fsp3) is 0.119. The van der Waals surface area contributed by atoms with E-state index >= 15 is 0 Å². The topological polar surface area (TPSA) is 32.6 Å². The maximum Gasteiger partial charge on any atom is 0.137 e. The Balaban J connectivity index is 0.000000253. The average Bonchev–Trinajstić information content (AvgIpc) is 3.25. The van der Waals surface area contributed by atoms with Gasteiger partial charge in [0.1, 0.15) is 5.60 Å². The summed E-state index contributed by atoms with van der Waals surface area (Å²) in [6, 6.07) is 46.7. The summed E-state index contributed by atoms with van der Waals surface area (Å²) in [5.74, 6) is 0. The van der Waals surface area contributed by atoms with Crippen molar-refractivity contribution in [3.05, 3.63) is 198 Å². The molecule has 0 heterocycles. The molecule has 1 aliphatic carbocycles. The fourth-order valence-electron chi connectivity index (χ4n) is 5.87. The summed E-state index contributed by atoms with van der Waals surface area (Å²) in [6.45, 7) is 13.7. The molecule has 0 amide bonds. The molecule has 1 atom stereocenters. The van der Waals surface area contributed by atoms with Crippen molar-refractivity contribution in [3.8, 4) is 0 Å². The van der Waals surface area contributed by atoms with Gasteiger partial charge in [0.15, 0.2) is 0 Å². The minimum absolute atomic E-state index is 0. The van der Waals surface area contributed by atoms with E-state index in [1.54, 1.807) is 0 Å². The van der Waals surface area contributed by atoms with Crippen LogP contribution in [0.5, 0.6) is 0 Å². The smallest absolute Gasteiger partial charge is 0.137 e. The van der Waals surface area contributed by atoms with Gasteiger partial charge in [0.05, 0.1) is 11.4 Å². The van der Waals surface area contributed by atoms with Gasteiger partial charge in [0, 0.05) is 33.7 Å². The van der Waals surface area contributed by atoms with Crippen LogP contribution in [0.4, 0.5) is 5.69 Å². The van der Waals surface area contributed by atoms with Gasteiger partial charge in [-0.2, -0.15) is 49.2 Å². The van der Waals surface area contributed by atoms with E-state index in [1.165, 1.54) is 5.56 Å². The van der Waals surface area contributed by atoms with Crippen LogP contribution in [-0.2, 0) is 33.7 Å². The number of aryl methyl sites for hydroxylation is 3. The van der Waals surface area contributed by atoms with Gasteiger partial charge in [0.25, 0.3) is 0 Å². The maximum absolute atomic E-state index is 12.2. The Bertz CT molecular complexity index is 1820. The van der Waals surface area contributed by atoms with E-state index in [0.29, 0.717) is 6.42 Å². The third-order valence-electron chi connectivity index (χ3n) is 7.84. The zero-order valence-corrected chi connectivity index (χ0v) is 27.9. The minimum atomic E-state index is -1.17. The molecule has 6 aromatic rings. The second-order valence-electron chi connectivity index (χ2n) is 11.4. The van der Waals surface area contributed by atoms with E-state index in [0.717, 1.165) is 61.1 Å². The Morgan fingerprint density at radius 2 is 1.11 bits per heavy atom. The first-order valence-electron chi connectivity index (χ1n) is 15.0. The first kappa shape index (κ1) is 33.6. The van der Waals surface area contributed by atoms with E-state index in [2.05, 4.69) is 83.1 Å². The molecule has 45 heavy (non-hydrogen) atoms. The van der Waals surface area contributed by atoms with E-state index in [4.69, 9.17) is 4.99 Å². The van der Waals surface area contributed by atoms with Crippen LogP contribution >= 0.6 is 0 Å². The molecule has 1 unspecified atom stereocenters. The Kier molecular flexibility index (Phi) is 11.3. The van der Waals surface area contributed by atoms with Crippen molar-refractivity contribution in [1.82, 2.24) is 0 Å². The van der Waals surface area contributed by atoms with Crippen molar-refractivity contribution in [2.45, 2.75) is 32.8 Å². The molecule has 0 aliphatic heterocycles. The molecule has 2 nitrogen and oxygen atoms in total. The average molecular weight is 622 g/mol. The predicted octanol–water partition coefficient (Wildman–Crippen LogP) is 10.1. The molecule has 0 bridgehead atoms. The molecule has 0 aromatic heterocycles. The number of rotatable bonds is 3. The van der Waals surface area contributed by atoms with Gasteiger partial charge in [-0.3, -0.25) is 0 Å². The second-order valence-corrected chi connectivity index (χ2v) is 11.4. The third kappa shape index (κ3) is 7.85. The van der Waals surface area contributed by atoms with E-state index in [1.807, 2.05) is 91.0 Å². The Labute approximate surface area is 283 Å². The fourth-order valence-corrected chi connectivity index (χ4v) is 5.87. The zero-order chi connectivity index (χ0) is 31.1. The third-order valence-corrected chi connectivity index (χ3v) is 7.84. The molecule has 1 N–H and O–H groups in total. The summed E-state index contributed by atoms with van der Waals surface area (Å²) < 4.78 is 0. The number of hydrogen-bond acceptors (Lipinski definition) is 2. The van der Waals surface area contributed by atoms with E-state index in [9.17, 15) is 5.11 Å². The van der Waals surface area contributed by atoms with Gasteiger partial charge in [0.2, 0.25) is 0 Å². The van der Waals surface area contributed by atoms with Crippen LogP contribution < -0.4 is 0 Å². The largest absolute Gasteiger partial charge is 0.378 e. The van der Waals surface area contributed by atoms with Crippen molar-refractivity contribution >= 4 is 22.2 Å². The molecule has 0 fully saturated rings. The van der Waals surface area contributed by atoms with Crippen LogP contribution in [0.1, 0.15) is 44.5 Å². The molecule has 7 rings (SSSR count). The number of aliphatic imine (C=N–C) groups is 1. The summed E-state index contributed by atoms with van der Waals surface area (Å²) in [7, 11) is 0. The normalized spacial score (nSPS) is 15.3. The molecule has 0 saturated carbocycles. The molecular formula is C42H39NOTi-2. The summed E-state index contributed by atoms with van der Waals surface area (Å²) in [6.07, 6.45) is 0.490. The van der Waals surface area contributed by atoms with Crippen molar-refractivity contribution < 1.29 is 26.8 Å². The van der Waals surface area contributed by atoms with Crippen LogP contribution in [-0.4, -0.2) is 10.8 Å². The SMILES string of the molecule is Cc1cc(C)c(N=C2c3cccc4cccc(c34)C2(O)Cc2ccccc2)c(C)c1.[CH2-]c1ccccc1.[CH2-]c1ccccc1.[Ti]. The van der Waals surface area contributed by atoms with Crippen molar-refractivity contribution in [2.24, 2.45) is 4.99 Å². The van der Waals surface area contributed by atoms with Crippen molar-refractivity contribution in [2.75, 3.05) is 0 Å². The van der Waals surface area contributed by atoms with Crippen LogP contribution in [0.2, 0.25) is 0 Å². The molecule has 0 radical (unpaired) electrons. The van der Waals surface area contributed by atoms with Gasteiger partial charge in [-0.15, -0.1) is 24.3 Å². The summed E-state index contributed by atoms with van der Waals surface area (Å²) in [5, 5.41) is 14.5. The number of benzene rings is 6. The van der Waals surface area contributed by atoms with Crippen molar-refractivity contribution in [1.29, 1.82) is 0 Å². The van der Waals surface area contributed by atoms with Gasteiger partial charge >= 0.3 is 0 Å².